The van der Waals surface area contributed by atoms with Crippen LogP contribution in [0, 0.1) is 0 Å². The first kappa shape index (κ1) is 15.7. The summed E-state index contributed by atoms with van der Waals surface area (Å²) in [5.74, 6) is -1.40. The lowest BCUT2D eigenvalue weighted by Crippen LogP contribution is -2.42. The van der Waals surface area contributed by atoms with Gasteiger partial charge < -0.3 is 15.7 Å². The molecule has 0 fully saturated rings. The molecule has 0 saturated heterocycles. The molecule has 0 aliphatic heterocycles. The lowest BCUT2D eigenvalue weighted by molar-refractivity contribution is -0.136. The number of carbonyl (C=O) groups is 2. The van der Waals surface area contributed by atoms with E-state index < -0.39 is 11.8 Å². The zero-order valence-electron chi connectivity index (χ0n) is 10.6. The second-order valence-electron chi connectivity index (χ2n) is 4.05. The molecule has 0 spiro atoms. The number of hydrogen-bond acceptors (Lipinski definition) is 3. The van der Waals surface area contributed by atoms with Crippen LogP contribution in [-0.4, -0.2) is 29.6 Å². The second-order valence-corrected chi connectivity index (χ2v) is 4.97. The molecule has 0 heterocycles. The van der Waals surface area contributed by atoms with Gasteiger partial charge in [0.2, 0.25) is 0 Å². The average Bonchev–Trinajstić information content (AvgIpc) is 2.40. The van der Waals surface area contributed by atoms with Crippen LogP contribution in [0.3, 0.4) is 0 Å². The maximum atomic E-state index is 11.7. The zero-order valence-corrected chi connectivity index (χ0v) is 12.2. The van der Waals surface area contributed by atoms with E-state index in [0.29, 0.717) is 18.5 Å². The number of rotatable bonds is 5. The number of nitrogens with one attached hydrogen (secondary N) is 2. The van der Waals surface area contributed by atoms with Gasteiger partial charge >= 0.3 is 11.8 Å². The monoisotopic (exact) mass is 328 g/mol. The highest BCUT2D eigenvalue weighted by Crippen LogP contribution is 2.13. The van der Waals surface area contributed by atoms with Crippen molar-refractivity contribution in [3.63, 3.8) is 0 Å². The van der Waals surface area contributed by atoms with Crippen molar-refractivity contribution in [3.05, 3.63) is 28.7 Å². The molecule has 2 amide bonds. The van der Waals surface area contributed by atoms with Gasteiger partial charge in [-0.1, -0.05) is 22.9 Å². The minimum Gasteiger partial charge on any atom is -0.396 e. The van der Waals surface area contributed by atoms with E-state index in [-0.39, 0.29) is 12.6 Å². The second kappa shape index (κ2) is 7.91. The highest BCUT2D eigenvalue weighted by atomic mass is 79.9. The largest absolute Gasteiger partial charge is 0.396 e. The quantitative estimate of drug-likeness (QED) is 0.719. The molecule has 0 bridgehead atoms. The molecular weight excluding hydrogens is 312 g/mol. The van der Waals surface area contributed by atoms with Crippen molar-refractivity contribution in [2.75, 3.05) is 11.9 Å². The third-order valence-corrected chi connectivity index (χ3v) is 3.14. The molecule has 0 saturated carbocycles. The summed E-state index contributed by atoms with van der Waals surface area (Å²) < 4.78 is 0.893. The van der Waals surface area contributed by atoms with Gasteiger partial charge in [-0.3, -0.25) is 9.59 Å². The summed E-state index contributed by atoms with van der Waals surface area (Å²) in [5, 5.41) is 13.9. The number of aliphatic hydroxyl groups is 1. The number of aliphatic hydroxyl groups excluding tert-OH is 1. The Hall–Kier alpha value is -1.40. The van der Waals surface area contributed by atoms with E-state index in [9.17, 15) is 9.59 Å². The fraction of sp³-hybridized carbons (Fsp3) is 0.385. The Balaban J connectivity index is 2.52. The maximum Gasteiger partial charge on any atom is 0.313 e. The Labute approximate surface area is 120 Å². The Kier molecular flexibility index (Phi) is 6.52. The minimum atomic E-state index is -0.710. The minimum absolute atomic E-state index is 0.0207. The number of amides is 2. The van der Waals surface area contributed by atoms with E-state index in [1.807, 2.05) is 6.92 Å². The molecule has 0 aliphatic rings. The Morgan fingerprint density at radius 3 is 2.42 bits per heavy atom. The van der Waals surface area contributed by atoms with E-state index in [0.717, 1.165) is 4.47 Å². The van der Waals surface area contributed by atoms with E-state index in [2.05, 4.69) is 26.6 Å². The molecule has 1 aromatic carbocycles. The van der Waals surface area contributed by atoms with Crippen LogP contribution < -0.4 is 10.6 Å². The average molecular weight is 329 g/mol. The predicted molar refractivity (Wildman–Crippen MR) is 76.7 cm³/mol. The van der Waals surface area contributed by atoms with Crippen LogP contribution in [0.2, 0.25) is 0 Å². The molecule has 3 N–H and O–H groups in total. The Bertz CT molecular complexity index is 434. The molecule has 1 atom stereocenters. The molecule has 1 unspecified atom stereocenters. The highest BCUT2D eigenvalue weighted by molar-refractivity contribution is 9.10. The summed E-state index contributed by atoms with van der Waals surface area (Å²) in [4.78, 5) is 23.3. The van der Waals surface area contributed by atoms with Crippen molar-refractivity contribution >= 4 is 33.4 Å². The first-order chi connectivity index (χ1) is 9.06. The summed E-state index contributed by atoms with van der Waals surface area (Å²) >= 11 is 3.28. The predicted octanol–water partition coefficient (Wildman–Crippen LogP) is 1.66. The lowest BCUT2D eigenvalue weighted by atomic mass is 10.1. The van der Waals surface area contributed by atoms with Crippen LogP contribution in [0.4, 0.5) is 5.69 Å². The van der Waals surface area contributed by atoms with Gasteiger partial charge in [0, 0.05) is 22.8 Å². The Morgan fingerprint density at radius 2 is 1.89 bits per heavy atom. The molecule has 0 aliphatic carbocycles. The summed E-state index contributed by atoms with van der Waals surface area (Å²) in [6, 6.07) is 6.75. The van der Waals surface area contributed by atoms with Crippen molar-refractivity contribution in [1.82, 2.24) is 5.32 Å². The van der Waals surface area contributed by atoms with Gasteiger partial charge in [0.25, 0.3) is 0 Å². The fourth-order valence-corrected chi connectivity index (χ4v) is 1.77. The summed E-state index contributed by atoms with van der Waals surface area (Å²) in [7, 11) is 0. The zero-order chi connectivity index (χ0) is 14.3. The van der Waals surface area contributed by atoms with Crippen LogP contribution in [0.1, 0.15) is 19.8 Å². The van der Waals surface area contributed by atoms with Crippen molar-refractivity contribution in [2.24, 2.45) is 0 Å². The number of hydrogen-bond donors (Lipinski definition) is 3. The number of carbonyl (C=O) groups excluding carboxylic acids is 2. The van der Waals surface area contributed by atoms with Crippen LogP contribution in [-0.2, 0) is 9.59 Å². The highest BCUT2D eigenvalue weighted by Gasteiger charge is 2.17. The summed E-state index contributed by atoms with van der Waals surface area (Å²) in [5.41, 5.74) is 0.554. The molecule has 104 valence electrons. The third-order valence-electron chi connectivity index (χ3n) is 2.61. The van der Waals surface area contributed by atoms with Gasteiger partial charge in [0.15, 0.2) is 0 Å². The molecular formula is C13H17BrN2O3. The Morgan fingerprint density at radius 1 is 1.26 bits per heavy atom. The van der Waals surface area contributed by atoms with Gasteiger partial charge in [-0.05, 0) is 37.1 Å². The van der Waals surface area contributed by atoms with Crippen LogP contribution in [0.5, 0.6) is 0 Å². The summed E-state index contributed by atoms with van der Waals surface area (Å²) in [6.07, 6.45) is 1.10. The number of anilines is 1. The van der Waals surface area contributed by atoms with E-state index in [4.69, 9.17) is 5.11 Å². The molecule has 0 radical (unpaired) electrons. The molecule has 5 nitrogen and oxygen atoms in total. The molecule has 0 aromatic heterocycles. The molecule has 1 aromatic rings. The maximum absolute atomic E-state index is 11.7. The summed E-state index contributed by atoms with van der Waals surface area (Å²) in [6.45, 7) is 1.86. The van der Waals surface area contributed by atoms with Crippen LogP contribution in [0.15, 0.2) is 28.7 Å². The lowest BCUT2D eigenvalue weighted by Gasteiger charge is -2.15. The standard InChI is InChI=1S/C13H17BrN2O3/c1-2-10(7-8-17)15-12(18)13(19)16-11-5-3-9(14)4-6-11/h3-6,10,17H,2,7-8H2,1H3,(H,15,18)(H,16,19). The fourth-order valence-electron chi connectivity index (χ4n) is 1.51. The first-order valence-corrected chi connectivity index (χ1v) is 6.84. The third kappa shape index (κ3) is 5.40. The van der Waals surface area contributed by atoms with Crippen molar-refractivity contribution in [1.29, 1.82) is 0 Å². The van der Waals surface area contributed by atoms with Crippen molar-refractivity contribution in [2.45, 2.75) is 25.8 Å². The van der Waals surface area contributed by atoms with Gasteiger partial charge in [-0.15, -0.1) is 0 Å². The SMILES string of the molecule is CCC(CCO)NC(=O)C(=O)Nc1ccc(Br)cc1. The number of benzene rings is 1. The van der Waals surface area contributed by atoms with E-state index >= 15 is 0 Å². The van der Waals surface area contributed by atoms with Gasteiger partial charge in [0.1, 0.15) is 0 Å². The van der Waals surface area contributed by atoms with Gasteiger partial charge in [0.05, 0.1) is 0 Å². The van der Waals surface area contributed by atoms with Crippen LogP contribution >= 0.6 is 15.9 Å². The molecule has 6 heteroatoms. The van der Waals surface area contributed by atoms with Crippen LogP contribution in [0.25, 0.3) is 0 Å². The topological polar surface area (TPSA) is 78.4 Å². The van der Waals surface area contributed by atoms with Gasteiger partial charge in [-0.25, -0.2) is 0 Å². The number of halogens is 1. The first-order valence-electron chi connectivity index (χ1n) is 6.05. The van der Waals surface area contributed by atoms with Crippen molar-refractivity contribution < 1.29 is 14.7 Å². The van der Waals surface area contributed by atoms with E-state index in [1.165, 1.54) is 0 Å². The normalized spacial score (nSPS) is 11.7. The molecule has 19 heavy (non-hydrogen) atoms. The smallest absolute Gasteiger partial charge is 0.313 e. The molecule has 1 rings (SSSR count). The van der Waals surface area contributed by atoms with Crippen molar-refractivity contribution in [3.8, 4) is 0 Å². The van der Waals surface area contributed by atoms with E-state index in [1.54, 1.807) is 24.3 Å². The van der Waals surface area contributed by atoms with Gasteiger partial charge in [-0.2, -0.15) is 0 Å².